The number of anilines is 1. The fourth-order valence-electron chi connectivity index (χ4n) is 1.04. The van der Waals surface area contributed by atoms with Gasteiger partial charge in [-0.05, 0) is 24.3 Å². The van der Waals surface area contributed by atoms with E-state index < -0.39 is 0 Å². The van der Waals surface area contributed by atoms with Gasteiger partial charge in [-0.15, -0.1) is 0 Å². The summed E-state index contributed by atoms with van der Waals surface area (Å²) >= 11 is 0. The number of nitrogens with two attached hydrogens (primary N) is 1. The molecule has 0 fully saturated rings. The number of hydrazine groups is 1. The lowest BCUT2D eigenvalue weighted by Gasteiger charge is -2.04. The Bertz CT molecular complexity index is 359. The molecule has 1 rings (SSSR count). The first-order valence-corrected chi connectivity index (χ1v) is 4.58. The SMILES string of the molecule is CCC(=O)Nc1ccc(C(=O)NN)cc1. The molecule has 0 aromatic heterocycles. The predicted molar refractivity (Wildman–Crippen MR) is 57.0 cm³/mol. The molecule has 4 N–H and O–H groups in total. The summed E-state index contributed by atoms with van der Waals surface area (Å²) < 4.78 is 0. The van der Waals surface area contributed by atoms with E-state index in [1.54, 1.807) is 31.2 Å². The van der Waals surface area contributed by atoms with Crippen molar-refractivity contribution in [2.45, 2.75) is 13.3 Å². The number of carbonyl (C=O) groups excluding carboxylic acids is 2. The smallest absolute Gasteiger partial charge is 0.265 e. The Morgan fingerprint density at radius 2 is 1.87 bits per heavy atom. The highest BCUT2D eigenvalue weighted by atomic mass is 16.2. The van der Waals surface area contributed by atoms with E-state index >= 15 is 0 Å². The monoisotopic (exact) mass is 207 g/mol. The van der Waals surface area contributed by atoms with Crippen LogP contribution in [0, 0.1) is 0 Å². The second kappa shape index (κ2) is 5.11. The van der Waals surface area contributed by atoms with Gasteiger partial charge in [-0.2, -0.15) is 0 Å². The average molecular weight is 207 g/mol. The van der Waals surface area contributed by atoms with Crippen LogP contribution in [0.1, 0.15) is 23.7 Å². The Morgan fingerprint density at radius 1 is 1.27 bits per heavy atom. The Labute approximate surface area is 87.6 Å². The molecular formula is C10H13N3O2. The molecule has 80 valence electrons. The van der Waals surface area contributed by atoms with Crippen molar-refractivity contribution < 1.29 is 9.59 Å². The van der Waals surface area contributed by atoms with Crippen LogP contribution in [0.4, 0.5) is 5.69 Å². The van der Waals surface area contributed by atoms with Gasteiger partial charge in [0.15, 0.2) is 0 Å². The van der Waals surface area contributed by atoms with Crippen molar-refractivity contribution in [2.75, 3.05) is 5.32 Å². The number of carbonyl (C=O) groups is 2. The molecule has 5 heteroatoms. The number of hydrogen-bond donors (Lipinski definition) is 3. The van der Waals surface area contributed by atoms with Crippen molar-refractivity contribution in [1.29, 1.82) is 0 Å². The van der Waals surface area contributed by atoms with Crippen LogP contribution >= 0.6 is 0 Å². The third kappa shape index (κ3) is 3.07. The van der Waals surface area contributed by atoms with E-state index in [1.807, 2.05) is 5.43 Å². The fraction of sp³-hybridized carbons (Fsp3) is 0.200. The highest BCUT2D eigenvalue weighted by molar-refractivity contribution is 5.95. The van der Waals surface area contributed by atoms with E-state index in [-0.39, 0.29) is 11.8 Å². The lowest BCUT2D eigenvalue weighted by Crippen LogP contribution is -2.29. The van der Waals surface area contributed by atoms with Crippen LogP contribution < -0.4 is 16.6 Å². The molecule has 0 bridgehead atoms. The Morgan fingerprint density at radius 3 is 2.33 bits per heavy atom. The molecule has 0 aliphatic rings. The molecule has 1 aromatic carbocycles. The summed E-state index contributed by atoms with van der Waals surface area (Å²) in [6.07, 6.45) is 0.422. The maximum atomic E-state index is 11.1. The van der Waals surface area contributed by atoms with Gasteiger partial charge in [0.1, 0.15) is 0 Å². The topological polar surface area (TPSA) is 84.2 Å². The highest BCUT2D eigenvalue weighted by Crippen LogP contribution is 2.09. The Kier molecular flexibility index (Phi) is 3.82. The van der Waals surface area contributed by atoms with Gasteiger partial charge in [-0.3, -0.25) is 15.0 Å². The number of nitrogen functional groups attached to an aromatic ring is 1. The van der Waals surface area contributed by atoms with Gasteiger partial charge in [0.2, 0.25) is 5.91 Å². The normalized spacial score (nSPS) is 9.47. The fourth-order valence-corrected chi connectivity index (χ4v) is 1.04. The van der Waals surface area contributed by atoms with E-state index in [1.165, 1.54) is 0 Å². The third-order valence-corrected chi connectivity index (χ3v) is 1.88. The predicted octanol–water partition coefficient (Wildman–Crippen LogP) is 0.639. The van der Waals surface area contributed by atoms with Gasteiger partial charge in [-0.1, -0.05) is 6.92 Å². The highest BCUT2D eigenvalue weighted by Gasteiger charge is 2.03. The van der Waals surface area contributed by atoms with E-state index in [2.05, 4.69) is 5.32 Å². The molecule has 0 aliphatic heterocycles. The number of hydrogen-bond acceptors (Lipinski definition) is 3. The number of rotatable bonds is 3. The van der Waals surface area contributed by atoms with Gasteiger partial charge in [-0.25, -0.2) is 5.84 Å². The molecule has 0 aliphatic carbocycles. The zero-order valence-electron chi connectivity index (χ0n) is 8.41. The molecule has 0 spiro atoms. The van der Waals surface area contributed by atoms with Gasteiger partial charge < -0.3 is 5.32 Å². The molecule has 5 nitrogen and oxygen atoms in total. The molecular weight excluding hydrogens is 194 g/mol. The molecule has 0 radical (unpaired) electrons. The summed E-state index contributed by atoms with van der Waals surface area (Å²) in [7, 11) is 0. The first-order chi connectivity index (χ1) is 7.17. The van der Waals surface area contributed by atoms with Crippen LogP contribution in [0.3, 0.4) is 0 Å². The summed E-state index contributed by atoms with van der Waals surface area (Å²) in [6, 6.07) is 6.48. The first-order valence-electron chi connectivity index (χ1n) is 4.58. The molecule has 0 unspecified atom stereocenters. The minimum Gasteiger partial charge on any atom is -0.326 e. The van der Waals surface area contributed by atoms with Crippen LogP contribution in [0.25, 0.3) is 0 Å². The Hall–Kier alpha value is -1.88. The average Bonchev–Trinajstić information content (AvgIpc) is 2.29. The molecule has 0 atom stereocenters. The van der Waals surface area contributed by atoms with Crippen molar-refractivity contribution in [3.63, 3.8) is 0 Å². The van der Waals surface area contributed by atoms with Crippen molar-refractivity contribution in [2.24, 2.45) is 5.84 Å². The maximum absolute atomic E-state index is 11.1. The van der Waals surface area contributed by atoms with Crippen molar-refractivity contribution in [1.82, 2.24) is 5.43 Å². The van der Waals surface area contributed by atoms with Crippen LogP contribution in [0.15, 0.2) is 24.3 Å². The first kappa shape index (κ1) is 11.2. The zero-order chi connectivity index (χ0) is 11.3. The number of amides is 2. The summed E-state index contributed by atoms with van der Waals surface area (Å²) in [5.41, 5.74) is 3.14. The Balaban J connectivity index is 2.72. The van der Waals surface area contributed by atoms with Crippen LogP contribution in [0.5, 0.6) is 0 Å². The van der Waals surface area contributed by atoms with E-state index in [0.29, 0.717) is 17.7 Å². The second-order valence-corrected chi connectivity index (χ2v) is 2.95. The largest absolute Gasteiger partial charge is 0.326 e. The van der Waals surface area contributed by atoms with Crippen LogP contribution in [0.2, 0.25) is 0 Å². The standard InChI is InChI=1S/C10H13N3O2/c1-2-9(14)12-8-5-3-7(4-6-8)10(15)13-11/h3-6H,2,11H2,1H3,(H,12,14)(H,13,15). The number of nitrogens with one attached hydrogen (secondary N) is 2. The van der Waals surface area contributed by atoms with Crippen LogP contribution in [-0.2, 0) is 4.79 Å². The van der Waals surface area contributed by atoms with E-state index in [4.69, 9.17) is 5.84 Å². The van der Waals surface area contributed by atoms with E-state index in [9.17, 15) is 9.59 Å². The summed E-state index contributed by atoms with van der Waals surface area (Å²) in [5.74, 6) is 4.55. The molecule has 1 aromatic rings. The van der Waals surface area contributed by atoms with Crippen molar-refractivity contribution in [3.8, 4) is 0 Å². The molecule has 2 amide bonds. The second-order valence-electron chi connectivity index (χ2n) is 2.95. The lowest BCUT2D eigenvalue weighted by molar-refractivity contribution is -0.115. The minimum absolute atomic E-state index is 0.0639. The summed E-state index contributed by atoms with van der Waals surface area (Å²) in [4.78, 5) is 22.1. The summed E-state index contributed by atoms with van der Waals surface area (Å²) in [5, 5.41) is 2.67. The van der Waals surface area contributed by atoms with Gasteiger partial charge in [0.05, 0.1) is 0 Å². The van der Waals surface area contributed by atoms with E-state index in [0.717, 1.165) is 0 Å². The van der Waals surface area contributed by atoms with Crippen LogP contribution in [-0.4, -0.2) is 11.8 Å². The molecule has 15 heavy (non-hydrogen) atoms. The van der Waals surface area contributed by atoms with Gasteiger partial charge in [0, 0.05) is 17.7 Å². The number of benzene rings is 1. The minimum atomic E-state index is -0.358. The molecule has 0 heterocycles. The maximum Gasteiger partial charge on any atom is 0.265 e. The summed E-state index contributed by atoms with van der Waals surface area (Å²) in [6.45, 7) is 1.77. The van der Waals surface area contributed by atoms with Gasteiger partial charge >= 0.3 is 0 Å². The van der Waals surface area contributed by atoms with Crippen molar-refractivity contribution in [3.05, 3.63) is 29.8 Å². The zero-order valence-corrected chi connectivity index (χ0v) is 8.41. The molecule has 0 saturated heterocycles. The quantitative estimate of drug-likeness (QED) is 0.386. The van der Waals surface area contributed by atoms with Gasteiger partial charge in [0.25, 0.3) is 5.91 Å². The third-order valence-electron chi connectivity index (χ3n) is 1.88. The lowest BCUT2D eigenvalue weighted by atomic mass is 10.2. The molecule has 0 saturated carbocycles. The van der Waals surface area contributed by atoms with Crippen molar-refractivity contribution >= 4 is 17.5 Å².